The summed E-state index contributed by atoms with van der Waals surface area (Å²) in [6.45, 7) is 6.06. The maximum Gasteiger partial charge on any atom is 0.0499 e. The predicted molar refractivity (Wildman–Crippen MR) is 59.4 cm³/mol. The molecule has 0 aliphatic rings. The zero-order valence-electron chi connectivity index (χ0n) is 8.19. The van der Waals surface area contributed by atoms with Crippen LogP contribution in [0.5, 0.6) is 0 Å². The number of aromatic amines is 1. The van der Waals surface area contributed by atoms with Crippen LogP contribution in [0.3, 0.4) is 0 Å². The fourth-order valence-corrected chi connectivity index (χ4v) is 1.49. The highest BCUT2D eigenvalue weighted by Gasteiger charge is 2.00. The van der Waals surface area contributed by atoms with Crippen LogP contribution in [0, 0.1) is 6.92 Å². The summed E-state index contributed by atoms with van der Waals surface area (Å²) < 4.78 is 0. The van der Waals surface area contributed by atoms with Gasteiger partial charge in [0.25, 0.3) is 0 Å². The van der Waals surface area contributed by atoms with Gasteiger partial charge in [-0.2, -0.15) is 0 Å². The lowest BCUT2D eigenvalue weighted by Crippen LogP contribution is -1.75. The normalized spacial score (nSPS) is 9.54. The van der Waals surface area contributed by atoms with Gasteiger partial charge in [-0.1, -0.05) is 31.5 Å². The molecule has 13 heavy (non-hydrogen) atoms. The zero-order valence-corrected chi connectivity index (χ0v) is 8.94. The number of aromatic nitrogens is 1. The van der Waals surface area contributed by atoms with E-state index >= 15 is 0 Å². The number of fused-ring (bicyclic) bond motifs is 1. The highest BCUT2D eigenvalue weighted by atomic mass is 35.5. The minimum absolute atomic E-state index is 0.812. The van der Waals surface area contributed by atoms with Gasteiger partial charge in [0.15, 0.2) is 0 Å². The molecule has 1 aromatic carbocycles. The highest BCUT2D eigenvalue weighted by Crippen LogP contribution is 2.24. The van der Waals surface area contributed by atoms with Gasteiger partial charge in [-0.3, -0.25) is 0 Å². The van der Waals surface area contributed by atoms with Gasteiger partial charge in [-0.15, -0.1) is 0 Å². The monoisotopic (exact) mass is 195 g/mol. The lowest BCUT2D eigenvalue weighted by Gasteiger charge is -1.96. The Morgan fingerprint density at radius 1 is 1.15 bits per heavy atom. The molecule has 0 amide bonds. The Bertz CT molecular complexity index is 354. The van der Waals surface area contributed by atoms with E-state index < -0.39 is 0 Å². The van der Waals surface area contributed by atoms with Crippen molar-refractivity contribution in [1.82, 2.24) is 4.98 Å². The van der Waals surface area contributed by atoms with Crippen LogP contribution in [-0.2, 0) is 0 Å². The molecule has 2 heteroatoms. The second kappa shape index (κ2) is 4.33. The number of halogens is 1. The third kappa shape index (κ3) is 1.86. The molecular formula is C11H14ClN. The summed E-state index contributed by atoms with van der Waals surface area (Å²) in [5.41, 5.74) is 2.37. The van der Waals surface area contributed by atoms with E-state index in [1.165, 1.54) is 5.56 Å². The summed E-state index contributed by atoms with van der Waals surface area (Å²) in [6, 6.07) is 5.93. The molecule has 0 saturated heterocycles. The highest BCUT2D eigenvalue weighted by molar-refractivity contribution is 6.35. The topological polar surface area (TPSA) is 15.8 Å². The van der Waals surface area contributed by atoms with Crippen molar-refractivity contribution in [3.05, 3.63) is 35.0 Å². The van der Waals surface area contributed by atoms with Crippen molar-refractivity contribution in [2.24, 2.45) is 0 Å². The van der Waals surface area contributed by atoms with Crippen LogP contribution >= 0.6 is 11.6 Å². The van der Waals surface area contributed by atoms with Crippen LogP contribution in [0.1, 0.15) is 19.4 Å². The molecule has 0 atom stereocenters. The third-order valence-electron chi connectivity index (χ3n) is 1.88. The van der Waals surface area contributed by atoms with Gasteiger partial charge in [0.05, 0.1) is 0 Å². The van der Waals surface area contributed by atoms with E-state index in [1.807, 2.05) is 38.2 Å². The largest absolute Gasteiger partial charge is 0.361 e. The second-order valence-electron chi connectivity index (χ2n) is 2.63. The molecule has 1 nitrogen and oxygen atoms in total. The number of hydrogen-bond donors (Lipinski definition) is 1. The van der Waals surface area contributed by atoms with Crippen molar-refractivity contribution in [3.8, 4) is 0 Å². The summed E-state index contributed by atoms with van der Waals surface area (Å²) in [7, 11) is 0. The van der Waals surface area contributed by atoms with Gasteiger partial charge in [0.1, 0.15) is 0 Å². The summed E-state index contributed by atoms with van der Waals surface area (Å²) in [4.78, 5) is 3.14. The number of nitrogens with one attached hydrogen (secondary N) is 1. The number of rotatable bonds is 0. The second-order valence-corrected chi connectivity index (χ2v) is 3.04. The Morgan fingerprint density at radius 3 is 2.46 bits per heavy atom. The summed E-state index contributed by atoms with van der Waals surface area (Å²) >= 11 is 5.95. The van der Waals surface area contributed by atoms with Crippen molar-refractivity contribution in [2.75, 3.05) is 0 Å². The standard InChI is InChI=1S/C9H8ClN.C2H6/c1-6-2-3-8(10)7-4-5-11-9(6)7;1-2/h2-5,11H,1H3;1-2H3. The van der Waals surface area contributed by atoms with Crippen LogP contribution in [0.15, 0.2) is 24.4 Å². The maximum atomic E-state index is 5.95. The van der Waals surface area contributed by atoms with Crippen molar-refractivity contribution in [1.29, 1.82) is 0 Å². The first-order valence-corrected chi connectivity index (χ1v) is 4.89. The summed E-state index contributed by atoms with van der Waals surface area (Å²) in [6.07, 6.45) is 1.91. The molecule has 0 radical (unpaired) electrons. The predicted octanol–water partition coefficient (Wildman–Crippen LogP) is 4.16. The van der Waals surface area contributed by atoms with Crippen molar-refractivity contribution >= 4 is 22.5 Å². The van der Waals surface area contributed by atoms with E-state index in [0.29, 0.717) is 0 Å². The molecule has 2 rings (SSSR count). The Balaban J connectivity index is 0.000000396. The first kappa shape index (κ1) is 10.1. The number of hydrogen-bond acceptors (Lipinski definition) is 0. The van der Waals surface area contributed by atoms with Crippen LogP contribution < -0.4 is 0 Å². The minimum Gasteiger partial charge on any atom is -0.361 e. The van der Waals surface area contributed by atoms with Gasteiger partial charge >= 0.3 is 0 Å². The number of H-pyrrole nitrogens is 1. The molecule has 0 bridgehead atoms. The molecule has 0 spiro atoms. The van der Waals surface area contributed by atoms with Gasteiger partial charge in [-0.25, -0.2) is 0 Å². The van der Waals surface area contributed by atoms with Gasteiger partial charge in [0.2, 0.25) is 0 Å². The van der Waals surface area contributed by atoms with E-state index in [-0.39, 0.29) is 0 Å². The maximum absolute atomic E-state index is 5.95. The lowest BCUT2D eigenvalue weighted by atomic mass is 10.2. The third-order valence-corrected chi connectivity index (χ3v) is 2.21. The van der Waals surface area contributed by atoms with E-state index in [4.69, 9.17) is 11.6 Å². The van der Waals surface area contributed by atoms with Crippen LogP contribution in [0.25, 0.3) is 10.9 Å². The molecule has 0 saturated carbocycles. The van der Waals surface area contributed by atoms with Crippen molar-refractivity contribution in [2.45, 2.75) is 20.8 Å². The first-order valence-electron chi connectivity index (χ1n) is 4.51. The molecule has 1 N–H and O–H groups in total. The molecule has 1 aromatic heterocycles. The van der Waals surface area contributed by atoms with Crippen molar-refractivity contribution < 1.29 is 0 Å². The van der Waals surface area contributed by atoms with Gasteiger partial charge in [-0.05, 0) is 24.6 Å². The molecule has 2 aromatic rings. The Kier molecular flexibility index (Phi) is 3.38. The van der Waals surface area contributed by atoms with Gasteiger partial charge < -0.3 is 4.98 Å². The Hall–Kier alpha value is -0.950. The summed E-state index contributed by atoms with van der Waals surface area (Å²) in [5.74, 6) is 0. The average Bonchev–Trinajstić information content (AvgIpc) is 2.64. The number of aryl methyl sites for hydroxylation is 1. The van der Waals surface area contributed by atoms with Crippen LogP contribution in [-0.4, -0.2) is 4.98 Å². The molecule has 0 fully saturated rings. The quantitative estimate of drug-likeness (QED) is 0.650. The van der Waals surface area contributed by atoms with Crippen molar-refractivity contribution in [3.63, 3.8) is 0 Å². The van der Waals surface area contributed by atoms with Gasteiger partial charge in [0, 0.05) is 22.1 Å². The minimum atomic E-state index is 0.812. The molecule has 70 valence electrons. The smallest absolute Gasteiger partial charge is 0.0499 e. The van der Waals surface area contributed by atoms with Crippen LogP contribution in [0.2, 0.25) is 5.02 Å². The van der Waals surface area contributed by atoms with E-state index in [2.05, 4.69) is 11.9 Å². The molecule has 1 heterocycles. The first-order chi connectivity index (χ1) is 6.29. The lowest BCUT2D eigenvalue weighted by molar-refractivity contribution is 1.42. The fourth-order valence-electron chi connectivity index (χ4n) is 1.27. The van der Waals surface area contributed by atoms with E-state index in [1.54, 1.807) is 0 Å². The van der Waals surface area contributed by atoms with E-state index in [9.17, 15) is 0 Å². The molecule has 0 unspecified atom stereocenters. The van der Waals surface area contributed by atoms with E-state index in [0.717, 1.165) is 15.9 Å². The number of benzene rings is 1. The Labute approximate surface area is 83.7 Å². The van der Waals surface area contributed by atoms with Crippen LogP contribution in [0.4, 0.5) is 0 Å². The molecular weight excluding hydrogens is 182 g/mol. The summed E-state index contributed by atoms with van der Waals surface area (Å²) in [5, 5.41) is 1.92. The fraction of sp³-hybridized carbons (Fsp3) is 0.273. The average molecular weight is 196 g/mol. The molecule has 0 aliphatic carbocycles. The Morgan fingerprint density at radius 2 is 1.85 bits per heavy atom. The zero-order chi connectivity index (χ0) is 9.84. The molecule has 0 aliphatic heterocycles. The SMILES string of the molecule is CC.Cc1ccc(Cl)c2cc[nH]c12.